The smallest absolute Gasteiger partial charge is 0.324 e. The molecule has 1 heterocycles. The fourth-order valence-electron chi connectivity index (χ4n) is 1.30. The van der Waals surface area contributed by atoms with Gasteiger partial charge in [0.15, 0.2) is 0 Å². The largest absolute Gasteiger partial charge is 0.673 e. The highest BCUT2D eigenvalue weighted by Crippen LogP contribution is 2.41. The minimum absolute atomic E-state index is 0.0290. The van der Waals surface area contributed by atoms with Crippen LogP contribution in [0.1, 0.15) is 12.8 Å². The van der Waals surface area contributed by atoms with Crippen LogP contribution in [0.4, 0.5) is 0 Å². The first-order chi connectivity index (χ1) is 5.43. The van der Waals surface area contributed by atoms with E-state index in [1.54, 1.807) is 0 Å². The second kappa shape index (κ2) is 3.24. The number of rotatable bonds is 2. The number of nitrogens with zero attached hydrogens (tertiary/aromatic N) is 1. The van der Waals surface area contributed by atoms with Crippen LogP contribution >= 0.6 is 8.09 Å². The van der Waals surface area contributed by atoms with E-state index in [1.807, 2.05) is 0 Å². The normalized spacial score (nSPS) is 26.1. The van der Waals surface area contributed by atoms with Gasteiger partial charge in [0.1, 0.15) is 6.04 Å². The van der Waals surface area contributed by atoms with Gasteiger partial charge in [-0.25, -0.2) is 0 Å². The zero-order valence-electron chi connectivity index (χ0n) is 6.17. The zero-order valence-corrected chi connectivity index (χ0v) is 7.07. The molecular formula is C5H8NO5P-2. The molecule has 0 aliphatic carbocycles. The van der Waals surface area contributed by atoms with Gasteiger partial charge in [0.25, 0.3) is 0 Å². The standard InChI is InChI=1S/C5H10NO5P/c7-5(8)4-2-1-3-6(4)12(9,10)11/h4H,1-3H2,(H,7,8)(H2,9,10,11)/p-2/t4-/m0/s1. The number of carboxylic acids is 1. The number of carboxylic acid groups (broad SMARTS) is 1. The van der Waals surface area contributed by atoms with Gasteiger partial charge in [0.05, 0.1) is 0 Å². The van der Waals surface area contributed by atoms with Crippen LogP contribution in [0.5, 0.6) is 0 Å². The Kier molecular flexibility index (Phi) is 2.65. The summed E-state index contributed by atoms with van der Waals surface area (Å²) in [7, 11) is -4.87. The van der Waals surface area contributed by atoms with E-state index in [9.17, 15) is 19.5 Å². The van der Waals surface area contributed by atoms with Gasteiger partial charge in [-0.15, -0.1) is 0 Å². The lowest BCUT2D eigenvalue weighted by Crippen LogP contribution is -2.49. The van der Waals surface area contributed by atoms with Crippen molar-refractivity contribution in [3.05, 3.63) is 0 Å². The van der Waals surface area contributed by atoms with Crippen LogP contribution < -0.4 is 14.7 Å². The van der Waals surface area contributed by atoms with Crippen molar-refractivity contribution in [1.82, 2.24) is 4.67 Å². The molecule has 0 spiro atoms. The third-order valence-corrected chi connectivity index (χ3v) is 2.93. The van der Waals surface area contributed by atoms with E-state index in [1.165, 1.54) is 0 Å². The van der Waals surface area contributed by atoms with E-state index in [4.69, 9.17) is 5.11 Å². The Bertz CT molecular complexity index is 191. The highest BCUT2D eigenvalue weighted by molar-refractivity contribution is 7.51. The molecule has 0 aromatic carbocycles. The van der Waals surface area contributed by atoms with E-state index in [0.717, 1.165) is 0 Å². The highest BCUT2D eigenvalue weighted by Gasteiger charge is 2.35. The summed E-state index contributed by atoms with van der Waals surface area (Å²) < 4.78 is 0.509. The van der Waals surface area contributed by atoms with Crippen LogP contribution in [0.25, 0.3) is 0 Å². The molecule has 1 aliphatic heterocycles. The van der Waals surface area contributed by atoms with Crippen molar-refractivity contribution in [2.75, 3.05) is 6.54 Å². The Balaban J connectivity index is 2.71. The molecule has 1 fully saturated rings. The van der Waals surface area contributed by atoms with Crippen molar-refractivity contribution in [3.63, 3.8) is 0 Å². The summed E-state index contributed by atoms with van der Waals surface area (Å²) >= 11 is 0. The van der Waals surface area contributed by atoms with Crippen molar-refractivity contribution < 1.29 is 24.6 Å². The summed E-state index contributed by atoms with van der Waals surface area (Å²) in [5, 5.41) is 8.51. The maximum Gasteiger partial charge on any atom is 0.324 e. The van der Waals surface area contributed by atoms with Crippen LogP contribution in [0.3, 0.4) is 0 Å². The Hall–Kier alpha value is -0.260. The molecule has 0 radical (unpaired) electrons. The van der Waals surface area contributed by atoms with Crippen LogP contribution in [-0.2, 0) is 4.79 Å². The first-order valence-electron chi connectivity index (χ1n) is 3.45. The Morgan fingerprint density at radius 2 is 2.08 bits per heavy atom. The molecule has 0 unspecified atom stereocenters. The SMILES string of the molecule is O=C(O)[C@@H]1CCCN1[P+]([O-])([O-])[O-]. The Morgan fingerprint density at radius 1 is 1.50 bits per heavy atom. The molecule has 1 atom stereocenters. The van der Waals surface area contributed by atoms with Crippen molar-refractivity contribution in [1.29, 1.82) is 0 Å². The predicted molar refractivity (Wildman–Crippen MR) is 34.3 cm³/mol. The third-order valence-electron chi connectivity index (χ3n) is 1.82. The fraction of sp³-hybridized carbons (Fsp3) is 0.800. The summed E-state index contributed by atoms with van der Waals surface area (Å²) in [5.41, 5.74) is 0. The summed E-state index contributed by atoms with van der Waals surface area (Å²) in [6.07, 6.45) is 0.662. The first-order valence-corrected chi connectivity index (χ1v) is 4.94. The zero-order chi connectivity index (χ0) is 9.35. The molecule has 7 heteroatoms. The second-order valence-electron chi connectivity index (χ2n) is 2.63. The average Bonchev–Trinajstić information content (AvgIpc) is 2.30. The van der Waals surface area contributed by atoms with Gasteiger partial charge >= 0.3 is 5.97 Å². The molecule has 0 aromatic rings. The molecule has 1 rings (SSSR count). The van der Waals surface area contributed by atoms with Crippen molar-refractivity contribution >= 4 is 14.1 Å². The van der Waals surface area contributed by atoms with Crippen LogP contribution in [0.15, 0.2) is 0 Å². The lowest BCUT2D eigenvalue weighted by molar-refractivity contribution is -0.444. The van der Waals surface area contributed by atoms with Gasteiger partial charge in [0.2, 0.25) is 0 Å². The van der Waals surface area contributed by atoms with Crippen LogP contribution in [0.2, 0.25) is 0 Å². The number of carbonyl (C=O) groups is 1. The minimum Gasteiger partial charge on any atom is -0.673 e. The van der Waals surface area contributed by atoms with Crippen molar-refractivity contribution in [3.8, 4) is 0 Å². The summed E-state index contributed by atoms with van der Waals surface area (Å²) in [4.78, 5) is 41.9. The molecule has 0 bridgehead atoms. The highest BCUT2D eigenvalue weighted by atomic mass is 31.2. The monoisotopic (exact) mass is 193 g/mol. The quantitative estimate of drug-likeness (QED) is 0.477. The molecule has 0 amide bonds. The molecule has 1 N–H and O–H groups in total. The molecule has 0 aromatic heterocycles. The number of aliphatic carboxylic acids is 1. The molecular weight excluding hydrogens is 185 g/mol. The van der Waals surface area contributed by atoms with Gasteiger partial charge in [-0.1, -0.05) is 8.09 Å². The summed E-state index contributed by atoms with van der Waals surface area (Å²) in [6.45, 7) is 0.0290. The molecule has 1 saturated heterocycles. The fourth-order valence-corrected chi connectivity index (χ4v) is 2.24. The van der Waals surface area contributed by atoms with E-state index in [0.29, 0.717) is 11.1 Å². The Labute approximate surface area is 69.7 Å². The number of hydrogen-bond acceptors (Lipinski definition) is 5. The molecule has 1 aliphatic rings. The first kappa shape index (κ1) is 9.83. The van der Waals surface area contributed by atoms with E-state index in [2.05, 4.69) is 0 Å². The van der Waals surface area contributed by atoms with Crippen molar-refractivity contribution in [2.45, 2.75) is 18.9 Å². The lowest BCUT2D eigenvalue weighted by Gasteiger charge is -2.49. The van der Waals surface area contributed by atoms with Crippen molar-refractivity contribution in [2.24, 2.45) is 0 Å². The maximum absolute atomic E-state index is 10.5. The molecule has 0 saturated carbocycles. The lowest BCUT2D eigenvalue weighted by atomic mass is 10.2. The van der Waals surface area contributed by atoms with E-state index in [-0.39, 0.29) is 13.0 Å². The second-order valence-corrected chi connectivity index (χ2v) is 4.08. The van der Waals surface area contributed by atoms with Gasteiger partial charge in [-0.2, -0.15) is 4.67 Å². The molecule has 12 heavy (non-hydrogen) atoms. The number of hydrogen-bond donors (Lipinski definition) is 1. The predicted octanol–water partition coefficient (Wildman–Crippen LogP) is -2.71. The maximum atomic E-state index is 10.5. The molecule has 70 valence electrons. The third kappa shape index (κ3) is 1.91. The minimum atomic E-state index is -4.87. The van der Waals surface area contributed by atoms with Gasteiger partial charge in [-0.3, -0.25) is 4.79 Å². The van der Waals surface area contributed by atoms with E-state index < -0.39 is 20.1 Å². The van der Waals surface area contributed by atoms with Gasteiger partial charge in [0, 0.05) is 6.54 Å². The van der Waals surface area contributed by atoms with Crippen LogP contribution in [0, 0.1) is 0 Å². The van der Waals surface area contributed by atoms with Gasteiger partial charge < -0.3 is 19.8 Å². The summed E-state index contributed by atoms with van der Waals surface area (Å²) in [5.74, 6) is -1.25. The van der Waals surface area contributed by atoms with E-state index >= 15 is 0 Å². The topological polar surface area (TPSA) is 110 Å². The molecule has 6 nitrogen and oxygen atoms in total. The summed E-state index contributed by atoms with van der Waals surface area (Å²) in [6, 6.07) is -1.15. The van der Waals surface area contributed by atoms with Gasteiger partial charge in [-0.05, 0) is 12.8 Å². The average molecular weight is 193 g/mol. The van der Waals surface area contributed by atoms with Crippen LogP contribution in [-0.4, -0.2) is 28.3 Å². The Morgan fingerprint density at radius 3 is 2.42 bits per heavy atom.